The first-order chi connectivity index (χ1) is 14.6. The first-order valence-corrected chi connectivity index (χ1v) is 11.0. The van der Waals surface area contributed by atoms with Crippen molar-refractivity contribution in [2.24, 2.45) is 0 Å². The number of benzene rings is 3. The summed E-state index contributed by atoms with van der Waals surface area (Å²) in [6.07, 6.45) is 0. The van der Waals surface area contributed by atoms with E-state index in [-0.39, 0.29) is 6.61 Å². The molecule has 0 N–H and O–H groups in total. The third-order valence-corrected chi connectivity index (χ3v) is 6.64. The average molecular weight is 411 g/mol. The van der Waals surface area contributed by atoms with Crippen LogP contribution in [0.1, 0.15) is 29.2 Å². The monoisotopic (exact) mass is 411 g/mol. The second-order valence-electron chi connectivity index (χ2n) is 6.53. The van der Waals surface area contributed by atoms with Crippen LogP contribution in [-0.4, -0.2) is 6.61 Å². The summed E-state index contributed by atoms with van der Waals surface area (Å²) in [5, 5.41) is 9.54. The zero-order valence-electron chi connectivity index (χ0n) is 16.3. The number of para-hydroxylation sites is 1. The van der Waals surface area contributed by atoms with E-state index in [0.29, 0.717) is 27.8 Å². The highest BCUT2D eigenvalue weighted by Crippen LogP contribution is 2.68. The van der Waals surface area contributed by atoms with E-state index in [2.05, 4.69) is 17.9 Å². The molecule has 1 aliphatic rings. The van der Waals surface area contributed by atoms with Crippen LogP contribution >= 0.6 is 7.94 Å². The highest BCUT2D eigenvalue weighted by atomic mass is 31.2. The topological polar surface area (TPSA) is 65.3 Å². The molecule has 1 heterocycles. The van der Waals surface area contributed by atoms with Gasteiger partial charge < -0.3 is 9.42 Å². The van der Waals surface area contributed by atoms with Crippen molar-refractivity contribution in [1.82, 2.24) is 0 Å². The smallest absolute Gasteiger partial charge is 0.320 e. The molecule has 0 saturated heterocycles. The largest absolute Gasteiger partial charge is 0.620 e. The first-order valence-electron chi connectivity index (χ1n) is 9.50. The van der Waals surface area contributed by atoms with Crippen molar-refractivity contribution in [3.8, 4) is 23.7 Å². The molecule has 3 aromatic rings. The first kappa shape index (κ1) is 19.9. The Bertz CT molecular complexity index is 1200. The minimum Gasteiger partial charge on any atom is -0.620 e. The van der Waals surface area contributed by atoms with E-state index < -0.39 is 7.94 Å². The Labute approximate surface area is 176 Å². The van der Waals surface area contributed by atoms with E-state index in [4.69, 9.17) is 14.3 Å². The number of allylic oxidation sites excluding steroid dienone is 1. The number of fused-ring (bicyclic) bond motifs is 1. The molecule has 5 heteroatoms. The van der Waals surface area contributed by atoms with Gasteiger partial charge in [0.15, 0.2) is 11.1 Å². The van der Waals surface area contributed by atoms with Crippen LogP contribution in [0.3, 0.4) is 0 Å². The molecule has 0 amide bonds. The van der Waals surface area contributed by atoms with Crippen molar-refractivity contribution in [1.29, 1.82) is 5.26 Å². The van der Waals surface area contributed by atoms with Gasteiger partial charge in [-0.25, -0.2) is 0 Å². The summed E-state index contributed by atoms with van der Waals surface area (Å²) in [6.45, 7) is 1.99. The third kappa shape index (κ3) is 3.86. The minimum absolute atomic E-state index is 0.221. The second-order valence-corrected chi connectivity index (χ2v) is 8.41. The van der Waals surface area contributed by atoms with E-state index >= 15 is 0 Å². The highest BCUT2D eigenvalue weighted by Gasteiger charge is 2.45. The van der Waals surface area contributed by atoms with Crippen molar-refractivity contribution in [2.45, 2.75) is 6.92 Å². The average Bonchev–Trinajstić information content (AvgIpc) is 2.78. The Morgan fingerprint density at radius 1 is 0.900 bits per heavy atom. The van der Waals surface area contributed by atoms with Crippen LogP contribution in [0.4, 0.5) is 0 Å². The van der Waals surface area contributed by atoms with Gasteiger partial charge in [-0.1, -0.05) is 42.2 Å². The lowest BCUT2D eigenvalue weighted by atomic mass is 10.0. The van der Waals surface area contributed by atoms with E-state index in [9.17, 15) is 4.89 Å². The minimum atomic E-state index is -3.68. The van der Waals surface area contributed by atoms with Gasteiger partial charge in [-0.2, -0.15) is 9.79 Å². The van der Waals surface area contributed by atoms with Gasteiger partial charge in [0, 0.05) is 16.7 Å². The summed E-state index contributed by atoms with van der Waals surface area (Å²) in [5.41, 5.74) is 3.37. The van der Waals surface area contributed by atoms with Crippen LogP contribution < -0.4 is 9.42 Å². The highest BCUT2D eigenvalue weighted by molar-refractivity contribution is 7.71. The molecule has 1 unspecified atom stereocenters. The van der Waals surface area contributed by atoms with Crippen molar-refractivity contribution in [3.63, 3.8) is 0 Å². The predicted octanol–water partition coefficient (Wildman–Crippen LogP) is 5.03. The molecule has 0 bridgehead atoms. The SMILES string of the molecule is CCO[P+]1([O-])Oc2ccccc2C(C#Cc2ccccc2)=C1c1ccc(C#N)cc1. The Hall–Kier alpha value is -3.40. The summed E-state index contributed by atoms with van der Waals surface area (Å²) >= 11 is 0. The van der Waals surface area contributed by atoms with E-state index in [1.165, 1.54) is 0 Å². The van der Waals surface area contributed by atoms with Crippen molar-refractivity contribution in [3.05, 3.63) is 101 Å². The number of nitrogens with zero attached hydrogens (tertiary/aromatic N) is 1. The maximum absolute atomic E-state index is 13.9. The molecule has 4 rings (SSSR count). The molecule has 0 aromatic heterocycles. The molecule has 0 aliphatic carbocycles. The number of hydrogen-bond donors (Lipinski definition) is 0. The Morgan fingerprint density at radius 2 is 1.60 bits per heavy atom. The van der Waals surface area contributed by atoms with Crippen molar-refractivity contribution in [2.75, 3.05) is 6.61 Å². The molecule has 0 spiro atoms. The maximum atomic E-state index is 13.9. The summed E-state index contributed by atoms with van der Waals surface area (Å²) in [5.74, 6) is 6.86. The summed E-state index contributed by atoms with van der Waals surface area (Å²) < 4.78 is 11.6. The zero-order chi connectivity index (χ0) is 21.0. The van der Waals surface area contributed by atoms with Crippen molar-refractivity contribution < 1.29 is 13.9 Å². The van der Waals surface area contributed by atoms with Gasteiger partial charge in [-0.3, -0.25) is 0 Å². The fraction of sp³-hybridized carbons (Fsp3) is 0.0800. The van der Waals surface area contributed by atoms with Crippen molar-refractivity contribution >= 4 is 18.8 Å². The Morgan fingerprint density at radius 3 is 2.30 bits per heavy atom. The lowest BCUT2D eigenvalue weighted by molar-refractivity contribution is -0.205. The molecule has 0 radical (unpaired) electrons. The Kier molecular flexibility index (Phi) is 5.66. The van der Waals surface area contributed by atoms with E-state index in [1.54, 1.807) is 37.3 Å². The fourth-order valence-electron chi connectivity index (χ4n) is 3.24. The third-order valence-electron chi connectivity index (χ3n) is 4.58. The van der Waals surface area contributed by atoms with Gasteiger partial charge in [0.05, 0.1) is 23.8 Å². The van der Waals surface area contributed by atoms with Crippen LogP contribution in [0.2, 0.25) is 0 Å². The van der Waals surface area contributed by atoms with Crippen LogP contribution in [0, 0.1) is 23.2 Å². The zero-order valence-corrected chi connectivity index (χ0v) is 17.2. The van der Waals surface area contributed by atoms with Gasteiger partial charge in [0.2, 0.25) is 0 Å². The maximum Gasteiger partial charge on any atom is 0.320 e. The van der Waals surface area contributed by atoms with Crippen LogP contribution in [-0.2, 0) is 4.52 Å². The molecule has 146 valence electrons. The molecule has 1 aliphatic heterocycles. The number of hydrogen-bond acceptors (Lipinski definition) is 4. The molecule has 1 atom stereocenters. The molecular formula is C25H18NO3P. The van der Waals surface area contributed by atoms with Crippen LogP contribution in [0.5, 0.6) is 5.75 Å². The normalized spacial score (nSPS) is 17.2. The predicted molar refractivity (Wildman–Crippen MR) is 117 cm³/mol. The lowest BCUT2D eigenvalue weighted by Crippen LogP contribution is -2.23. The molecule has 4 nitrogen and oxygen atoms in total. The summed E-state index contributed by atoms with van der Waals surface area (Å²) in [7, 11) is -3.68. The van der Waals surface area contributed by atoms with E-state index in [0.717, 1.165) is 11.1 Å². The Balaban J connectivity index is 1.99. The number of rotatable bonds is 3. The van der Waals surface area contributed by atoms with Gasteiger partial charge >= 0.3 is 7.94 Å². The van der Waals surface area contributed by atoms with Crippen LogP contribution in [0.25, 0.3) is 10.9 Å². The molecule has 3 aromatic carbocycles. The van der Waals surface area contributed by atoms with Gasteiger partial charge in [0.1, 0.15) is 0 Å². The molecule has 0 fully saturated rings. The second kappa shape index (κ2) is 8.54. The summed E-state index contributed by atoms with van der Waals surface area (Å²) in [4.78, 5) is 13.9. The quantitative estimate of drug-likeness (QED) is 0.448. The fourth-order valence-corrected chi connectivity index (χ4v) is 5.19. The number of nitriles is 1. The molecular weight excluding hydrogens is 393 g/mol. The lowest BCUT2D eigenvalue weighted by Gasteiger charge is -2.33. The summed E-state index contributed by atoms with van der Waals surface area (Å²) in [6, 6.07) is 25.9. The standard InChI is InChI=1S/C25H18NO3P/c1-2-28-30(27)25(21-15-12-20(18-26)13-16-21)23(17-14-19-8-4-3-5-9-19)22-10-6-7-11-24(22)29-30/h3-13,15-16H,2H2,1H3. The molecule has 0 saturated carbocycles. The van der Waals surface area contributed by atoms with Gasteiger partial charge in [-0.15, -0.1) is 0 Å². The van der Waals surface area contributed by atoms with Gasteiger partial charge in [0.25, 0.3) is 0 Å². The molecule has 30 heavy (non-hydrogen) atoms. The van der Waals surface area contributed by atoms with Gasteiger partial charge in [-0.05, 0) is 55.5 Å². The van der Waals surface area contributed by atoms with E-state index in [1.807, 2.05) is 48.5 Å². The van der Waals surface area contributed by atoms with Crippen LogP contribution in [0.15, 0.2) is 78.9 Å².